The van der Waals surface area contributed by atoms with Gasteiger partial charge >= 0.3 is 5.97 Å². The van der Waals surface area contributed by atoms with E-state index >= 15 is 0 Å². The number of aliphatic carboxylic acids is 1. The molecule has 0 bridgehead atoms. The molecule has 1 fully saturated rings. The van der Waals surface area contributed by atoms with Crippen LogP contribution in [0.25, 0.3) is 0 Å². The van der Waals surface area contributed by atoms with E-state index in [4.69, 9.17) is 21.4 Å². The van der Waals surface area contributed by atoms with E-state index in [0.717, 1.165) is 18.7 Å². The van der Waals surface area contributed by atoms with Gasteiger partial charge in [0.15, 0.2) is 6.10 Å². The average Bonchev–Trinajstić information content (AvgIpc) is 2.32. The van der Waals surface area contributed by atoms with E-state index in [0.29, 0.717) is 18.2 Å². The van der Waals surface area contributed by atoms with Gasteiger partial charge < -0.3 is 9.84 Å². The Morgan fingerprint density at radius 2 is 2.18 bits per heavy atom. The Balaban J connectivity index is 1.94. The Morgan fingerprint density at radius 1 is 1.47 bits per heavy atom. The molecule has 1 aliphatic rings. The molecule has 2 rings (SSSR count). The first-order valence-corrected chi connectivity index (χ1v) is 5.84. The van der Waals surface area contributed by atoms with Crippen molar-refractivity contribution in [3.8, 4) is 0 Å². The standard InChI is InChI=1S/C12H14ClNO3/c13-10-3-1-9(2-4-10)7-14-5-6-17-11(8-14)12(15)16/h1-4,11H,5-8H2,(H,15,16). The number of hydrogen-bond donors (Lipinski definition) is 1. The van der Waals surface area contributed by atoms with Gasteiger partial charge in [0, 0.05) is 24.7 Å². The Morgan fingerprint density at radius 3 is 2.82 bits per heavy atom. The molecule has 1 aromatic carbocycles. The molecular formula is C12H14ClNO3. The van der Waals surface area contributed by atoms with Gasteiger partial charge in [-0.15, -0.1) is 0 Å². The number of morpholine rings is 1. The van der Waals surface area contributed by atoms with Gasteiger partial charge in [0.05, 0.1) is 6.61 Å². The molecule has 1 N–H and O–H groups in total. The lowest BCUT2D eigenvalue weighted by molar-refractivity contribution is -0.156. The van der Waals surface area contributed by atoms with Crippen molar-refractivity contribution < 1.29 is 14.6 Å². The Kier molecular flexibility index (Phi) is 3.99. The maximum absolute atomic E-state index is 10.8. The number of carbonyl (C=O) groups is 1. The fourth-order valence-corrected chi connectivity index (χ4v) is 1.97. The van der Waals surface area contributed by atoms with Gasteiger partial charge in [0.25, 0.3) is 0 Å². The first kappa shape index (κ1) is 12.4. The normalized spacial score (nSPS) is 21.4. The topological polar surface area (TPSA) is 49.8 Å². The van der Waals surface area contributed by atoms with Crippen LogP contribution in [0, 0.1) is 0 Å². The van der Waals surface area contributed by atoms with Gasteiger partial charge in [-0.25, -0.2) is 4.79 Å². The van der Waals surface area contributed by atoms with Gasteiger partial charge in [0.1, 0.15) is 0 Å². The molecule has 0 saturated carbocycles. The molecule has 92 valence electrons. The van der Waals surface area contributed by atoms with Crippen LogP contribution < -0.4 is 0 Å². The van der Waals surface area contributed by atoms with E-state index < -0.39 is 12.1 Å². The van der Waals surface area contributed by atoms with Crippen molar-refractivity contribution in [1.29, 1.82) is 0 Å². The first-order valence-electron chi connectivity index (χ1n) is 5.46. The van der Waals surface area contributed by atoms with Crippen LogP contribution in [0.3, 0.4) is 0 Å². The van der Waals surface area contributed by atoms with Crippen molar-refractivity contribution in [2.75, 3.05) is 19.7 Å². The molecule has 4 nitrogen and oxygen atoms in total. The lowest BCUT2D eigenvalue weighted by Gasteiger charge is -2.30. The minimum absolute atomic E-state index is 0.429. The molecule has 17 heavy (non-hydrogen) atoms. The highest BCUT2D eigenvalue weighted by atomic mass is 35.5. The molecule has 1 aromatic rings. The molecule has 0 radical (unpaired) electrons. The molecule has 0 aliphatic carbocycles. The van der Waals surface area contributed by atoms with Gasteiger partial charge in [-0.1, -0.05) is 23.7 Å². The molecule has 0 aromatic heterocycles. The smallest absolute Gasteiger partial charge is 0.334 e. The third-order valence-electron chi connectivity index (χ3n) is 2.75. The van der Waals surface area contributed by atoms with Crippen molar-refractivity contribution in [3.05, 3.63) is 34.9 Å². The summed E-state index contributed by atoms with van der Waals surface area (Å²) in [6.45, 7) is 2.37. The zero-order valence-corrected chi connectivity index (χ0v) is 10.1. The minimum Gasteiger partial charge on any atom is -0.479 e. The number of nitrogens with zero attached hydrogens (tertiary/aromatic N) is 1. The zero-order valence-electron chi connectivity index (χ0n) is 9.30. The highest BCUT2D eigenvalue weighted by molar-refractivity contribution is 6.30. The number of hydrogen-bond acceptors (Lipinski definition) is 3. The van der Waals surface area contributed by atoms with Crippen LogP contribution in [0.5, 0.6) is 0 Å². The molecule has 0 spiro atoms. The van der Waals surface area contributed by atoms with Gasteiger partial charge in [-0.05, 0) is 17.7 Å². The van der Waals surface area contributed by atoms with Crippen molar-refractivity contribution in [2.24, 2.45) is 0 Å². The molecule has 1 saturated heterocycles. The Hall–Kier alpha value is -1.10. The molecule has 1 unspecified atom stereocenters. The van der Waals surface area contributed by atoms with Crippen LogP contribution in [-0.2, 0) is 16.1 Å². The molecular weight excluding hydrogens is 242 g/mol. The average molecular weight is 256 g/mol. The van der Waals surface area contributed by atoms with Gasteiger partial charge in [-0.3, -0.25) is 4.90 Å². The van der Waals surface area contributed by atoms with Crippen LogP contribution in [0.1, 0.15) is 5.56 Å². The number of carboxylic acids is 1. The Labute approximate surface area is 105 Å². The van der Waals surface area contributed by atoms with E-state index in [1.54, 1.807) is 0 Å². The fraction of sp³-hybridized carbons (Fsp3) is 0.417. The molecule has 0 amide bonds. The summed E-state index contributed by atoms with van der Waals surface area (Å²) >= 11 is 5.81. The summed E-state index contributed by atoms with van der Waals surface area (Å²) in [7, 11) is 0. The fourth-order valence-electron chi connectivity index (χ4n) is 1.84. The first-order chi connectivity index (χ1) is 8.15. The number of carboxylic acid groups (broad SMARTS) is 1. The SMILES string of the molecule is O=C(O)C1CN(Cc2ccc(Cl)cc2)CCO1. The van der Waals surface area contributed by atoms with E-state index in [2.05, 4.69) is 4.90 Å². The van der Waals surface area contributed by atoms with E-state index in [1.165, 1.54) is 0 Å². The van der Waals surface area contributed by atoms with Gasteiger partial charge in [-0.2, -0.15) is 0 Å². The third-order valence-corrected chi connectivity index (χ3v) is 3.00. The quantitative estimate of drug-likeness (QED) is 0.892. The predicted octanol–water partition coefficient (Wildman–Crippen LogP) is 1.63. The third kappa shape index (κ3) is 3.43. The summed E-state index contributed by atoms with van der Waals surface area (Å²) in [6.07, 6.45) is -0.712. The zero-order chi connectivity index (χ0) is 12.3. The summed E-state index contributed by atoms with van der Waals surface area (Å²) in [5.41, 5.74) is 1.13. The lowest BCUT2D eigenvalue weighted by Crippen LogP contribution is -2.45. The highest BCUT2D eigenvalue weighted by Crippen LogP contribution is 2.13. The van der Waals surface area contributed by atoms with Crippen LogP contribution >= 0.6 is 11.6 Å². The minimum atomic E-state index is -0.897. The van der Waals surface area contributed by atoms with Crippen LogP contribution in [-0.4, -0.2) is 41.8 Å². The molecule has 1 aliphatic heterocycles. The summed E-state index contributed by atoms with van der Waals surface area (Å²) in [4.78, 5) is 12.9. The van der Waals surface area contributed by atoms with Crippen molar-refractivity contribution in [2.45, 2.75) is 12.6 Å². The van der Waals surface area contributed by atoms with E-state index in [1.807, 2.05) is 24.3 Å². The number of benzene rings is 1. The summed E-state index contributed by atoms with van der Waals surface area (Å²) in [6, 6.07) is 7.58. The number of rotatable bonds is 3. The maximum Gasteiger partial charge on any atom is 0.334 e. The largest absolute Gasteiger partial charge is 0.479 e. The van der Waals surface area contributed by atoms with Crippen molar-refractivity contribution in [1.82, 2.24) is 4.90 Å². The Bertz CT molecular complexity index is 393. The monoisotopic (exact) mass is 255 g/mol. The molecule has 1 atom stereocenters. The maximum atomic E-state index is 10.8. The number of halogens is 1. The second kappa shape index (κ2) is 5.49. The van der Waals surface area contributed by atoms with Crippen LogP contribution in [0.15, 0.2) is 24.3 Å². The summed E-state index contributed by atoms with van der Waals surface area (Å²) < 4.78 is 5.16. The summed E-state index contributed by atoms with van der Waals surface area (Å²) in [5, 5.41) is 9.60. The predicted molar refractivity (Wildman–Crippen MR) is 64.1 cm³/mol. The van der Waals surface area contributed by atoms with Crippen LogP contribution in [0.4, 0.5) is 0 Å². The highest BCUT2D eigenvalue weighted by Gasteiger charge is 2.25. The second-order valence-corrected chi connectivity index (χ2v) is 4.50. The van der Waals surface area contributed by atoms with E-state index in [9.17, 15) is 4.79 Å². The van der Waals surface area contributed by atoms with Crippen LogP contribution in [0.2, 0.25) is 5.02 Å². The van der Waals surface area contributed by atoms with Gasteiger partial charge in [0.2, 0.25) is 0 Å². The molecule has 1 heterocycles. The van der Waals surface area contributed by atoms with E-state index in [-0.39, 0.29) is 0 Å². The summed E-state index contributed by atoms with van der Waals surface area (Å²) in [5.74, 6) is -0.897. The number of ether oxygens (including phenoxy) is 1. The van der Waals surface area contributed by atoms with Crippen molar-refractivity contribution >= 4 is 17.6 Å². The second-order valence-electron chi connectivity index (χ2n) is 4.06. The lowest BCUT2D eigenvalue weighted by atomic mass is 10.2. The van der Waals surface area contributed by atoms with Crippen molar-refractivity contribution in [3.63, 3.8) is 0 Å². The molecule has 5 heteroatoms.